The van der Waals surface area contributed by atoms with E-state index < -0.39 is 16.8 Å². The Morgan fingerprint density at radius 2 is 1.44 bits per heavy atom. The van der Waals surface area contributed by atoms with Gasteiger partial charge in [0, 0.05) is 6.42 Å². The third-order valence-corrected chi connectivity index (χ3v) is 3.21. The Hall–Kier alpha value is -0.200. The van der Waals surface area contributed by atoms with Gasteiger partial charge < -0.3 is 0 Å². The molecule has 0 aromatic heterocycles. The highest BCUT2D eigenvalue weighted by atomic mass is 32.3. The monoisotopic (exact) mass is 284 g/mol. The topological polar surface area (TPSA) is 63.6 Å². The van der Waals surface area contributed by atoms with Crippen molar-refractivity contribution in [2.24, 2.45) is 0 Å². The molecule has 1 N–H and O–H groups in total. The SMILES string of the molecule is CCCCCCCCCCCC(F)OS(=O)(=O)O. The maximum Gasteiger partial charge on any atom is 0.400 e. The van der Waals surface area contributed by atoms with Gasteiger partial charge in [-0.25, -0.2) is 8.57 Å². The molecule has 0 radical (unpaired) electrons. The van der Waals surface area contributed by atoms with E-state index in [1.165, 1.54) is 32.1 Å². The van der Waals surface area contributed by atoms with Gasteiger partial charge in [0.1, 0.15) is 0 Å². The number of hydrogen-bond donors (Lipinski definition) is 1. The lowest BCUT2D eigenvalue weighted by Crippen LogP contribution is -2.12. The van der Waals surface area contributed by atoms with Crippen LogP contribution < -0.4 is 0 Å². The molecule has 0 aliphatic rings. The zero-order valence-electron chi connectivity index (χ0n) is 11.1. The van der Waals surface area contributed by atoms with E-state index >= 15 is 0 Å². The summed E-state index contributed by atoms with van der Waals surface area (Å²) < 4.78 is 45.3. The Kier molecular flexibility index (Phi) is 10.6. The highest BCUT2D eigenvalue weighted by Crippen LogP contribution is 2.13. The fraction of sp³-hybridized carbons (Fsp3) is 1.00. The van der Waals surface area contributed by atoms with Crippen molar-refractivity contribution in [1.82, 2.24) is 0 Å². The summed E-state index contributed by atoms with van der Waals surface area (Å²) in [5.74, 6) is 0. The molecule has 0 spiro atoms. The summed E-state index contributed by atoms with van der Waals surface area (Å²) in [6, 6.07) is 0. The lowest BCUT2D eigenvalue weighted by atomic mass is 10.1. The molecule has 0 amide bonds. The van der Waals surface area contributed by atoms with Gasteiger partial charge >= 0.3 is 10.4 Å². The van der Waals surface area contributed by atoms with Crippen molar-refractivity contribution in [2.75, 3.05) is 0 Å². The largest absolute Gasteiger partial charge is 0.400 e. The van der Waals surface area contributed by atoms with Crippen LogP contribution in [0.4, 0.5) is 4.39 Å². The van der Waals surface area contributed by atoms with Crippen molar-refractivity contribution < 1.29 is 21.5 Å². The molecule has 1 atom stereocenters. The van der Waals surface area contributed by atoms with Gasteiger partial charge in [-0.05, 0) is 6.42 Å². The zero-order valence-corrected chi connectivity index (χ0v) is 11.9. The molecule has 0 heterocycles. The Morgan fingerprint density at radius 3 is 1.89 bits per heavy atom. The molecule has 6 heteroatoms. The second kappa shape index (κ2) is 10.7. The second-order valence-electron chi connectivity index (χ2n) is 4.55. The van der Waals surface area contributed by atoms with Crippen molar-refractivity contribution >= 4 is 10.4 Å². The van der Waals surface area contributed by atoms with Crippen LogP contribution in [0.2, 0.25) is 0 Å². The molecule has 0 bridgehead atoms. The number of halogens is 1. The molecule has 0 aliphatic heterocycles. The first-order valence-corrected chi connectivity index (χ1v) is 8.12. The summed E-state index contributed by atoms with van der Waals surface area (Å²) in [6.07, 6.45) is 7.97. The van der Waals surface area contributed by atoms with E-state index in [-0.39, 0.29) is 6.42 Å². The highest BCUT2D eigenvalue weighted by Gasteiger charge is 2.14. The number of hydrogen-bond acceptors (Lipinski definition) is 3. The average molecular weight is 284 g/mol. The van der Waals surface area contributed by atoms with Crippen LogP contribution in [0.5, 0.6) is 0 Å². The Labute approximate surface area is 110 Å². The predicted octanol–water partition coefficient (Wildman–Crippen LogP) is 4.02. The third-order valence-electron chi connectivity index (χ3n) is 2.76. The molecule has 0 rings (SSSR count). The van der Waals surface area contributed by atoms with Crippen LogP contribution in [0.15, 0.2) is 0 Å². The van der Waals surface area contributed by atoms with Crippen LogP contribution in [0.1, 0.15) is 71.1 Å². The average Bonchev–Trinajstić information content (AvgIpc) is 2.24. The summed E-state index contributed by atoms with van der Waals surface area (Å²) in [4.78, 5) is 0. The second-order valence-corrected chi connectivity index (χ2v) is 5.60. The minimum Gasteiger partial charge on any atom is -0.263 e. The first-order chi connectivity index (χ1) is 8.45. The number of alkyl halides is 1. The van der Waals surface area contributed by atoms with Crippen LogP contribution in [-0.4, -0.2) is 19.3 Å². The molecular formula is C12H25FO4S. The van der Waals surface area contributed by atoms with Gasteiger partial charge in [0.25, 0.3) is 0 Å². The standard InChI is InChI=1S/C12H25FO4S/c1-2-3-4-5-6-7-8-9-10-11-12(13)17-18(14,15)16/h12H,2-11H2,1H3,(H,14,15,16). The van der Waals surface area contributed by atoms with E-state index in [1.807, 2.05) is 0 Å². The molecule has 4 nitrogen and oxygen atoms in total. The molecule has 1 unspecified atom stereocenters. The highest BCUT2D eigenvalue weighted by molar-refractivity contribution is 7.80. The summed E-state index contributed by atoms with van der Waals surface area (Å²) >= 11 is 0. The molecular weight excluding hydrogens is 259 g/mol. The minimum atomic E-state index is -4.66. The van der Waals surface area contributed by atoms with E-state index in [0.717, 1.165) is 19.3 Å². The molecule has 0 aliphatic carbocycles. The Bertz CT molecular complexity index is 280. The van der Waals surface area contributed by atoms with Crippen LogP contribution in [-0.2, 0) is 14.6 Å². The lowest BCUT2D eigenvalue weighted by Gasteiger charge is -2.06. The molecule has 0 aromatic rings. The van der Waals surface area contributed by atoms with Crippen LogP contribution in [0.25, 0.3) is 0 Å². The normalized spacial score (nSPS) is 13.7. The summed E-state index contributed by atoms with van der Waals surface area (Å²) in [5, 5.41) is 0. The smallest absolute Gasteiger partial charge is 0.263 e. The van der Waals surface area contributed by atoms with Crippen molar-refractivity contribution in [3.05, 3.63) is 0 Å². The van der Waals surface area contributed by atoms with Gasteiger partial charge in [0.15, 0.2) is 0 Å². The quantitative estimate of drug-likeness (QED) is 0.434. The molecule has 0 saturated carbocycles. The molecule has 110 valence electrons. The van der Waals surface area contributed by atoms with Crippen molar-refractivity contribution in [1.29, 1.82) is 0 Å². The first-order valence-electron chi connectivity index (χ1n) is 6.75. The van der Waals surface area contributed by atoms with Crippen molar-refractivity contribution in [3.63, 3.8) is 0 Å². The number of unbranched alkanes of at least 4 members (excludes halogenated alkanes) is 8. The van der Waals surface area contributed by atoms with Crippen molar-refractivity contribution in [2.45, 2.75) is 77.5 Å². The van der Waals surface area contributed by atoms with Gasteiger partial charge in [0.05, 0.1) is 0 Å². The molecule has 0 saturated heterocycles. The van der Waals surface area contributed by atoms with Crippen LogP contribution in [0, 0.1) is 0 Å². The summed E-state index contributed by atoms with van der Waals surface area (Å²) in [7, 11) is -4.66. The predicted molar refractivity (Wildman–Crippen MR) is 69.4 cm³/mol. The summed E-state index contributed by atoms with van der Waals surface area (Å²) in [5.41, 5.74) is 0. The van der Waals surface area contributed by atoms with Gasteiger partial charge in [-0.3, -0.25) is 4.55 Å². The van der Waals surface area contributed by atoms with E-state index in [0.29, 0.717) is 6.42 Å². The zero-order chi connectivity index (χ0) is 13.9. The molecule has 0 aromatic carbocycles. The fourth-order valence-electron chi connectivity index (χ4n) is 1.80. The maximum absolute atomic E-state index is 12.9. The third kappa shape index (κ3) is 13.9. The van der Waals surface area contributed by atoms with Crippen LogP contribution >= 0.6 is 0 Å². The van der Waals surface area contributed by atoms with E-state index in [1.54, 1.807) is 0 Å². The van der Waals surface area contributed by atoms with Crippen LogP contribution in [0.3, 0.4) is 0 Å². The molecule has 18 heavy (non-hydrogen) atoms. The van der Waals surface area contributed by atoms with E-state index in [2.05, 4.69) is 11.1 Å². The van der Waals surface area contributed by atoms with Gasteiger partial charge in [-0.1, -0.05) is 58.3 Å². The van der Waals surface area contributed by atoms with E-state index in [9.17, 15) is 12.8 Å². The van der Waals surface area contributed by atoms with Gasteiger partial charge in [0.2, 0.25) is 6.36 Å². The Balaban J connectivity index is 3.25. The van der Waals surface area contributed by atoms with Gasteiger partial charge in [-0.15, -0.1) is 0 Å². The molecule has 0 fully saturated rings. The number of rotatable bonds is 12. The maximum atomic E-state index is 12.9. The summed E-state index contributed by atoms with van der Waals surface area (Å²) in [6.45, 7) is 2.18. The Morgan fingerprint density at radius 1 is 1.00 bits per heavy atom. The van der Waals surface area contributed by atoms with Crippen molar-refractivity contribution in [3.8, 4) is 0 Å². The fourth-order valence-corrected chi connectivity index (χ4v) is 2.16. The van der Waals surface area contributed by atoms with Gasteiger partial charge in [-0.2, -0.15) is 8.42 Å². The first kappa shape index (κ1) is 17.8. The lowest BCUT2D eigenvalue weighted by molar-refractivity contribution is 0.0517. The van der Waals surface area contributed by atoms with E-state index in [4.69, 9.17) is 4.55 Å². The minimum absolute atomic E-state index is 0.00955.